The van der Waals surface area contributed by atoms with Crippen LogP contribution in [0.15, 0.2) is 36.4 Å². The second-order valence-electron chi connectivity index (χ2n) is 4.63. The quantitative estimate of drug-likeness (QED) is 0.885. The van der Waals surface area contributed by atoms with Crippen molar-refractivity contribution in [2.24, 2.45) is 0 Å². The minimum absolute atomic E-state index is 0.136. The van der Waals surface area contributed by atoms with Gasteiger partial charge in [-0.25, -0.2) is 4.98 Å². The topological polar surface area (TPSA) is 63.2 Å². The van der Waals surface area contributed by atoms with Crippen molar-refractivity contribution in [3.63, 3.8) is 0 Å². The van der Waals surface area contributed by atoms with Gasteiger partial charge in [0.15, 0.2) is 0 Å². The molecule has 1 aromatic heterocycles. The fraction of sp³-hybridized carbons (Fsp3) is 0.250. The van der Waals surface area contributed by atoms with Crippen LogP contribution in [0.3, 0.4) is 0 Å². The van der Waals surface area contributed by atoms with Crippen LogP contribution in [0.25, 0.3) is 0 Å². The molecule has 0 aliphatic rings. The van der Waals surface area contributed by atoms with Crippen molar-refractivity contribution < 1.29 is 9.53 Å². The summed E-state index contributed by atoms with van der Waals surface area (Å²) in [4.78, 5) is 16.5. The number of nitrogens with zero attached hydrogens (tertiary/aromatic N) is 1. The monoisotopic (exact) mass is 285 g/mol. The van der Waals surface area contributed by atoms with Crippen LogP contribution in [-0.4, -0.2) is 25.0 Å². The van der Waals surface area contributed by atoms with Gasteiger partial charge in [0.2, 0.25) is 0 Å². The van der Waals surface area contributed by atoms with Crippen molar-refractivity contribution >= 4 is 11.7 Å². The van der Waals surface area contributed by atoms with Crippen molar-refractivity contribution in [1.82, 2.24) is 10.3 Å². The molecule has 0 radical (unpaired) electrons. The molecule has 0 aliphatic heterocycles. The molecule has 2 rings (SSSR count). The summed E-state index contributed by atoms with van der Waals surface area (Å²) in [5.74, 6) is 1.31. The highest BCUT2D eigenvalue weighted by atomic mass is 16.5. The van der Waals surface area contributed by atoms with Crippen LogP contribution in [0.1, 0.15) is 21.6 Å². The molecule has 0 aliphatic carbocycles. The van der Waals surface area contributed by atoms with Gasteiger partial charge < -0.3 is 15.4 Å². The Morgan fingerprint density at radius 1 is 1.29 bits per heavy atom. The summed E-state index contributed by atoms with van der Waals surface area (Å²) in [6.45, 7) is 2.27. The van der Waals surface area contributed by atoms with Crippen LogP contribution in [0.2, 0.25) is 0 Å². The summed E-state index contributed by atoms with van der Waals surface area (Å²) in [7, 11) is 3.39. The van der Waals surface area contributed by atoms with E-state index in [1.807, 2.05) is 31.2 Å². The zero-order valence-electron chi connectivity index (χ0n) is 12.4. The highest BCUT2D eigenvalue weighted by molar-refractivity contribution is 5.95. The fourth-order valence-electron chi connectivity index (χ4n) is 2.05. The van der Waals surface area contributed by atoms with Gasteiger partial charge >= 0.3 is 0 Å². The van der Waals surface area contributed by atoms with Crippen molar-refractivity contribution in [2.75, 3.05) is 19.5 Å². The largest absolute Gasteiger partial charge is 0.496 e. The summed E-state index contributed by atoms with van der Waals surface area (Å²) in [6, 6.07) is 11.1. The summed E-state index contributed by atoms with van der Waals surface area (Å²) in [6.07, 6.45) is 0. The number of para-hydroxylation sites is 1. The van der Waals surface area contributed by atoms with Gasteiger partial charge in [-0.1, -0.05) is 18.2 Å². The third kappa shape index (κ3) is 3.72. The number of carbonyl (C=O) groups excluding carboxylic acids is 1. The number of nitrogens with one attached hydrogen (secondary N) is 2. The van der Waals surface area contributed by atoms with Crippen molar-refractivity contribution in [3.8, 4) is 5.75 Å². The van der Waals surface area contributed by atoms with Gasteiger partial charge in [0.05, 0.1) is 7.11 Å². The third-order valence-corrected chi connectivity index (χ3v) is 3.10. The predicted molar refractivity (Wildman–Crippen MR) is 82.7 cm³/mol. The SMILES string of the molecule is CNc1cc(C(=O)NCc2ccccc2OC)cc(C)n1. The highest BCUT2D eigenvalue weighted by Gasteiger charge is 2.09. The lowest BCUT2D eigenvalue weighted by Gasteiger charge is -2.10. The van der Waals surface area contributed by atoms with E-state index in [0.717, 1.165) is 17.0 Å². The standard InChI is InChI=1S/C16H19N3O2/c1-11-8-13(9-15(17-2)19-11)16(20)18-10-12-6-4-5-7-14(12)21-3/h4-9H,10H2,1-3H3,(H,17,19)(H,18,20). The van der Waals surface area contributed by atoms with Crippen molar-refractivity contribution in [1.29, 1.82) is 0 Å². The average molecular weight is 285 g/mol. The summed E-state index contributed by atoms with van der Waals surface area (Å²) in [5, 5.41) is 5.84. The predicted octanol–water partition coefficient (Wildman–Crippen LogP) is 2.37. The number of pyridine rings is 1. The zero-order chi connectivity index (χ0) is 15.2. The van der Waals surface area contributed by atoms with E-state index in [1.165, 1.54) is 0 Å². The number of amides is 1. The zero-order valence-corrected chi connectivity index (χ0v) is 12.4. The van der Waals surface area contributed by atoms with E-state index in [2.05, 4.69) is 15.6 Å². The van der Waals surface area contributed by atoms with E-state index in [4.69, 9.17) is 4.74 Å². The van der Waals surface area contributed by atoms with Crippen LogP contribution in [0, 0.1) is 6.92 Å². The number of ether oxygens (including phenoxy) is 1. The second kappa shape index (κ2) is 6.74. The molecule has 5 heteroatoms. The molecule has 0 saturated heterocycles. The van der Waals surface area contributed by atoms with Gasteiger partial charge in [0.25, 0.3) is 5.91 Å². The number of rotatable bonds is 5. The number of aryl methyl sites for hydroxylation is 1. The molecular formula is C16H19N3O2. The Labute approximate surface area is 124 Å². The Morgan fingerprint density at radius 3 is 2.76 bits per heavy atom. The summed E-state index contributed by atoms with van der Waals surface area (Å²) < 4.78 is 5.27. The first-order valence-electron chi connectivity index (χ1n) is 6.70. The van der Waals surface area contributed by atoms with Gasteiger partial charge in [-0.05, 0) is 25.1 Å². The molecule has 5 nitrogen and oxygen atoms in total. The van der Waals surface area contributed by atoms with Gasteiger partial charge in [-0.3, -0.25) is 4.79 Å². The molecule has 110 valence electrons. The van der Waals surface area contributed by atoms with Gasteiger partial charge in [-0.2, -0.15) is 0 Å². The van der Waals surface area contributed by atoms with Gasteiger partial charge in [-0.15, -0.1) is 0 Å². The molecule has 2 aromatic rings. The molecule has 1 aromatic carbocycles. The summed E-state index contributed by atoms with van der Waals surface area (Å²) >= 11 is 0. The molecule has 0 saturated carbocycles. The van der Waals surface area contributed by atoms with Crippen LogP contribution in [-0.2, 0) is 6.54 Å². The number of anilines is 1. The van der Waals surface area contributed by atoms with Crippen LogP contribution >= 0.6 is 0 Å². The third-order valence-electron chi connectivity index (χ3n) is 3.10. The molecule has 21 heavy (non-hydrogen) atoms. The average Bonchev–Trinajstić information content (AvgIpc) is 2.52. The number of benzene rings is 1. The first-order valence-corrected chi connectivity index (χ1v) is 6.70. The lowest BCUT2D eigenvalue weighted by atomic mass is 10.1. The summed E-state index contributed by atoms with van der Waals surface area (Å²) in [5.41, 5.74) is 2.32. The van der Waals surface area contributed by atoms with E-state index in [0.29, 0.717) is 17.9 Å². The van der Waals surface area contributed by atoms with E-state index >= 15 is 0 Å². The highest BCUT2D eigenvalue weighted by Crippen LogP contribution is 2.17. The Hall–Kier alpha value is -2.56. The minimum atomic E-state index is -0.136. The molecule has 0 atom stereocenters. The molecule has 1 heterocycles. The van der Waals surface area contributed by atoms with Crippen molar-refractivity contribution in [3.05, 3.63) is 53.2 Å². The Bertz CT molecular complexity index is 641. The number of hydrogen-bond donors (Lipinski definition) is 2. The molecule has 0 unspecified atom stereocenters. The Kier molecular flexibility index (Phi) is 4.77. The lowest BCUT2D eigenvalue weighted by molar-refractivity contribution is 0.0950. The van der Waals surface area contributed by atoms with Gasteiger partial charge in [0, 0.05) is 30.4 Å². The molecular weight excluding hydrogens is 266 g/mol. The minimum Gasteiger partial charge on any atom is -0.496 e. The van der Waals surface area contributed by atoms with E-state index in [1.54, 1.807) is 26.3 Å². The van der Waals surface area contributed by atoms with Crippen LogP contribution in [0.5, 0.6) is 5.75 Å². The Morgan fingerprint density at radius 2 is 2.05 bits per heavy atom. The van der Waals surface area contributed by atoms with Crippen LogP contribution in [0.4, 0.5) is 5.82 Å². The Balaban J connectivity index is 2.10. The van der Waals surface area contributed by atoms with E-state index < -0.39 is 0 Å². The maximum Gasteiger partial charge on any atom is 0.251 e. The smallest absolute Gasteiger partial charge is 0.251 e. The molecule has 2 N–H and O–H groups in total. The lowest BCUT2D eigenvalue weighted by Crippen LogP contribution is -2.23. The van der Waals surface area contributed by atoms with Crippen LogP contribution < -0.4 is 15.4 Å². The first-order chi connectivity index (χ1) is 10.1. The maximum absolute atomic E-state index is 12.2. The molecule has 0 bridgehead atoms. The number of hydrogen-bond acceptors (Lipinski definition) is 4. The first kappa shape index (κ1) is 14.8. The molecule has 1 amide bonds. The number of aromatic nitrogens is 1. The molecule has 0 fully saturated rings. The normalized spacial score (nSPS) is 10.0. The fourth-order valence-corrected chi connectivity index (χ4v) is 2.05. The van der Waals surface area contributed by atoms with E-state index in [-0.39, 0.29) is 5.91 Å². The number of carbonyl (C=O) groups is 1. The van der Waals surface area contributed by atoms with Crippen molar-refractivity contribution in [2.45, 2.75) is 13.5 Å². The second-order valence-corrected chi connectivity index (χ2v) is 4.63. The molecule has 0 spiro atoms. The number of methoxy groups -OCH3 is 1. The van der Waals surface area contributed by atoms with E-state index in [9.17, 15) is 4.79 Å². The maximum atomic E-state index is 12.2. The van der Waals surface area contributed by atoms with Gasteiger partial charge in [0.1, 0.15) is 11.6 Å².